The molecule has 1 aromatic heterocycles. The second-order valence-corrected chi connectivity index (χ2v) is 3.35. The van der Waals surface area contributed by atoms with Crippen molar-refractivity contribution in [2.75, 3.05) is 0 Å². The quantitative estimate of drug-likeness (QED) is 0.633. The van der Waals surface area contributed by atoms with E-state index in [1.807, 2.05) is 32.4 Å². The highest BCUT2D eigenvalue weighted by Crippen LogP contribution is 2.13. The molecule has 0 radical (unpaired) electrons. The van der Waals surface area contributed by atoms with E-state index in [-0.39, 0.29) is 0 Å². The Bertz CT molecular complexity index is 256. The normalized spacial score (nSPS) is 12.1. The van der Waals surface area contributed by atoms with Crippen LogP contribution in [0.15, 0.2) is 0 Å². The Balaban J connectivity index is 3.15. The average molecular weight is 154 g/mol. The van der Waals surface area contributed by atoms with Crippen molar-refractivity contribution in [2.45, 2.75) is 26.3 Å². The molecular formula is C7H14N4. The molecule has 0 atom stereocenters. The van der Waals surface area contributed by atoms with Gasteiger partial charge in [-0.1, -0.05) is 0 Å². The summed E-state index contributed by atoms with van der Waals surface area (Å²) < 4.78 is 1.90. The molecule has 0 saturated carbocycles. The molecule has 0 saturated heterocycles. The molecule has 1 aromatic rings. The van der Waals surface area contributed by atoms with Crippen LogP contribution in [0.5, 0.6) is 0 Å². The van der Waals surface area contributed by atoms with E-state index < -0.39 is 5.54 Å². The van der Waals surface area contributed by atoms with Crippen LogP contribution in [0.2, 0.25) is 0 Å². The smallest absolute Gasteiger partial charge is 0.152 e. The number of nitrogens with zero attached hydrogens (tertiary/aromatic N) is 3. The first-order valence-electron chi connectivity index (χ1n) is 3.58. The lowest BCUT2D eigenvalue weighted by atomic mass is 10.1. The van der Waals surface area contributed by atoms with Gasteiger partial charge in [0.1, 0.15) is 5.82 Å². The van der Waals surface area contributed by atoms with Gasteiger partial charge in [0, 0.05) is 7.05 Å². The van der Waals surface area contributed by atoms with Crippen molar-refractivity contribution in [3.05, 3.63) is 11.6 Å². The molecule has 0 aliphatic heterocycles. The van der Waals surface area contributed by atoms with Crippen molar-refractivity contribution < 1.29 is 0 Å². The summed E-state index contributed by atoms with van der Waals surface area (Å²) in [6.07, 6.45) is 0. The van der Waals surface area contributed by atoms with E-state index in [0.717, 1.165) is 11.6 Å². The fourth-order valence-corrected chi connectivity index (χ4v) is 0.968. The Labute approximate surface area is 66.4 Å². The number of hydrogen-bond acceptors (Lipinski definition) is 3. The Kier molecular flexibility index (Phi) is 1.72. The number of nitrogens with two attached hydrogens (primary N) is 1. The molecule has 1 heterocycles. The summed E-state index contributed by atoms with van der Waals surface area (Å²) in [5, 5.41) is 7.89. The lowest BCUT2D eigenvalue weighted by Crippen LogP contribution is -2.32. The summed E-state index contributed by atoms with van der Waals surface area (Å²) in [5.41, 5.74) is 5.44. The number of aromatic nitrogens is 3. The third-order valence-corrected chi connectivity index (χ3v) is 1.67. The molecular weight excluding hydrogens is 140 g/mol. The Morgan fingerprint density at radius 3 is 2.09 bits per heavy atom. The second kappa shape index (κ2) is 2.30. The molecule has 0 amide bonds. The van der Waals surface area contributed by atoms with E-state index in [2.05, 4.69) is 10.2 Å². The summed E-state index contributed by atoms with van der Waals surface area (Å²) in [5.74, 6) is 1.70. The third-order valence-electron chi connectivity index (χ3n) is 1.67. The zero-order valence-electron chi connectivity index (χ0n) is 7.42. The van der Waals surface area contributed by atoms with Crippen LogP contribution >= 0.6 is 0 Å². The first kappa shape index (κ1) is 8.20. The molecule has 1 rings (SSSR count). The van der Waals surface area contributed by atoms with Crippen LogP contribution in [0, 0.1) is 6.92 Å². The maximum atomic E-state index is 5.85. The molecule has 4 nitrogen and oxygen atoms in total. The van der Waals surface area contributed by atoms with Crippen molar-refractivity contribution in [3.63, 3.8) is 0 Å². The lowest BCUT2D eigenvalue weighted by molar-refractivity contribution is 0.490. The van der Waals surface area contributed by atoms with Crippen LogP contribution in [0.4, 0.5) is 0 Å². The predicted octanol–water partition coefficient (Wildman–Crippen LogP) is 0.317. The van der Waals surface area contributed by atoms with Gasteiger partial charge in [-0.05, 0) is 20.8 Å². The van der Waals surface area contributed by atoms with Crippen molar-refractivity contribution in [1.82, 2.24) is 14.8 Å². The summed E-state index contributed by atoms with van der Waals surface area (Å²) in [6.45, 7) is 5.73. The van der Waals surface area contributed by atoms with Gasteiger partial charge in [-0.15, -0.1) is 10.2 Å². The third kappa shape index (κ3) is 1.40. The minimum Gasteiger partial charge on any atom is -0.319 e. The molecule has 0 aliphatic carbocycles. The topological polar surface area (TPSA) is 56.7 Å². The van der Waals surface area contributed by atoms with Gasteiger partial charge < -0.3 is 10.3 Å². The molecule has 2 N–H and O–H groups in total. The van der Waals surface area contributed by atoms with E-state index in [1.54, 1.807) is 0 Å². The summed E-state index contributed by atoms with van der Waals surface area (Å²) in [7, 11) is 1.92. The monoisotopic (exact) mass is 154 g/mol. The first-order valence-corrected chi connectivity index (χ1v) is 3.58. The van der Waals surface area contributed by atoms with E-state index >= 15 is 0 Å². The van der Waals surface area contributed by atoms with Crippen LogP contribution < -0.4 is 5.73 Å². The molecule has 4 heteroatoms. The van der Waals surface area contributed by atoms with Crippen LogP contribution in [0.1, 0.15) is 25.5 Å². The summed E-state index contributed by atoms with van der Waals surface area (Å²) in [6, 6.07) is 0. The van der Waals surface area contributed by atoms with Crippen LogP contribution in [-0.4, -0.2) is 14.8 Å². The minimum atomic E-state index is -0.407. The van der Waals surface area contributed by atoms with Gasteiger partial charge in [0.2, 0.25) is 0 Å². The molecule has 0 spiro atoms. The SMILES string of the molecule is Cc1nnc(C(C)(C)N)n1C. The summed E-state index contributed by atoms with van der Waals surface area (Å²) in [4.78, 5) is 0. The molecule has 0 aromatic carbocycles. The maximum Gasteiger partial charge on any atom is 0.152 e. The van der Waals surface area contributed by atoms with Gasteiger partial charge in [0.15, 0.2) is 5.82 Å². The van der Waals surface area contributed by atoms with E-state index in [1.165, 1.54) is 0 Å². The van der Waals surface area contributed by atoms with Gasteiger partial charge in [-0.25, -0.2) is 0 Å². The lowest BCUT2D eigenvalue weighted by Gasteiger charge is -2.16. The van der Waals surface area contributed by atoms with E-state index in [9.17, 15) is 0 Å². The predicted molar refractivity (Wildman–Crippen MR) is 43.0 cm³/mol. The number of aryl methyl sites for hydroxylation is 1. The molecule has 0 unspecified atom stereocenters. The highest BCUT2D eigenvalue weighted by Gasteiger charge is 2.20. The molecule has 0 aliphatic rings. The first-order chi connectivity index (χ1) is 4.93. The van der Waals surface area contributed by atoms with Gasteiger partial charge >= 0.3 is 0 Å². The minimum absolute atomic E-state index is 0.407. The Hall–Kier alpha value is -0.900. The van der Waals surface area contributed by atoms with Crippen molar-refractivity contribution in [2.24, 2.45) is 12.8 Å². The van der Waals surface area contributed by atoms with Crippen molar-refractivity contribution >= 4 is 0 Å². The van der Waals surface area contributed by atoms with Crippen LogP contribution in [0.25, 0.3) is 0 Å². The van der Waals surface area contributed by atoms with Crippen molar-refractivity contribution in [1.29, 1.82) is 0 Å². The van der Waals surface area contributed by atoms with Crippen LogP contribution in [-0.2, 0) is 12.6 Å². The van der Waals surface area contributed by atoms with Gasteiger partial charge in [-0.3, -0.25) is 0 Å². The largest absolute Gasteiger partial charge is 0.319 e. The van der Waals surface area contributed by atoms with Crippen LogP contribution in [0.3, 0.4) is 0 Å². The highest BCUT2D eigenvalue weighted by molar-refractivity contribution is 5.03. The van der Waals surface area contributed by atoms with E-state index in [4.69, 9.17) is 5.73 Å². The van der Waals surface area contributed by atoms with E-state index in [0.29, 0.717) is 0 Å². The molecule has 0 bridgehead atoms. The van der Waals surface area contributed by atoms with Gasteiger partial charge in [0.25, 0.3) is 0 Å². The highest BCUT2D eigenvalue weighted by atomic mass is 15.3. The maximum absolute atomic E-state index is 5.85. The summed E-state index contributed by atoms with van der Waals surface area (Å²) >= 11 is 0. The van der Waals surface area contributed by atoms with Crippen molar-refractivity contribution in [3.8, 4) is 0 Å². The average Bonchev–Trinajstić information content (AvgIpc) is 2.11. The van der Waals surface area contributed by atoms with Gasteiger partial charge in [0.05, 0.1) is 5.54 Å². The molecule has 62 valence electrons. The molecule has 0 fully saturated rings. The fraction of sp³-hybridized carbons (Fsp3) is 0.714. The Morgan fingerprint density at radius 2 is 1.91 bits per heavy atom. The second-order valence-electron chi connectivity index (χ2n) is 3.35. The number of hydrogen-bond donors (Lipinski definition) is 1. The number of rotatable bonds is 1. The Morgan fingerprint density at radius 1 is 1.36 bits per heavy atom. The standard InChI is InChI=1S/C7H14N4/c1-5-9-10-6(11(5)4)7(2,3)8/h8H2,1-4H3. The zero-order chi connectivity index (χ0) is 8.65. The molecule has 11 heavy (non-hydrogen) atoms. The zero-order valence-corrected chi connectivity index (χ0v) is 7.42. The van der Waals surface area contributed by atoms with Gasteiger partial charge in [-0.2, -0.15) is 0 Å². The fourth-order valence-electron chi connectivity index (χ4n) is 0.968.